The minimum absolute atomic E-state index is 0.0616. The Morgan fingerprint density at radius 3 is 2.38 bits per heavy atom. The molecule has 0 aliphatic carbocycles. The van der Waals surface area contributed by atoms with E-state index in [0.717, 1.165) is 12.1 Å². The van der Waals surface area contributed by atoms with Crippen molar-refractivity contribution in [2.75, 3.05) is 6.54 Å². The van der Waals surface area contributed by atoms with Crippen LogP contribution in [0.4, 0.5) is 26.3 Å². The third kappa shape index (κ3) is 5.33. The first-order chi connectivity index (χ1) is 13.5. The lowest BCUT2D eigenvalue weighted by molar-refractivity contribution is -0.137. The summed E-state index contributed by atoms with van der Waals surface area (Å²) in [5.74, 6) is -0.784. The van der Waals surface area contributed by atoms with E-state index in [4.69, 9.17) is 4.74 Å². The lowest BCUT2D eigenvalue weighted by Crippen LogP contribution is -2.34. The van der Waals surface area contributed by atoms with Gasteiger partial charge in [-0.2, -0.15) is 26.3 Å². The van der Waals surface area contributed by atoms with Gasteiger partial charge in [0.1, 0.15) is 18.0 Å². The van der Waals surface area contributed by atoms with Crippen molar-refractivity contribution < 1.29 is 35.9 Å². The summed E-state index contributed by atoms with van der Waals surface area (Å²) < 4.78 is 79.6. The first-order valence-corrected chi connectivity index (χ1v) is 7.98. The third-order valence-electron chi connectivity index (χ3n) is 3.63. The monoisotopic (exact) mass is 415 g/mol. The fraction of sp³-hybridized carbons (Fsp3) is 0.167. The molecule has 2 heterocycles. The highest BCUT2D eigenvalue weighted by molar-refractivity contribution is 5.95. The van der Waals surface area contributed by atoms with Crippen LogP contribution in [0.5, 0.6) is 11.6 Å². The Bertz CT molecular complexity index is 1030. The smallest absolute Gasteiger partial charge is 0.417 e. The first-order valence-electron chi connectivity index (χ1n) is 7.98. The van der Waals surface area contributed by atoms with Crippen LogP contribution in [0.1, 0.15) is 16.1 Å². The highest BCUT2D eigenvalue weighted by Crippen LogP contribution is 2.30. The number of benzene rings is 1. The molecular formula is C18H11F6N3O2. The molecule has 2 aromatic heterocycles. The van der Waals surface area contributed by atoms with Crippen LogP contribution in [0.3, 0.4) is 0 Å². The number of pyridine rings is 2. The van der Waals surface area contributed by atoms with Gasteiger partial charge < -0.3 is 10.1 Å². The number of halogens is 6. The quantitative estimate of drug-likeness (QED) is 0.626. The van der Waals surface area contributed by atoms with E-state index in [1.165, 1.54) is 30.3 Å². The fourth-order valence-electron chi connectivity index (χ4n) is 2.29. The Morgan fingerprint density at radius 1 is 1.00 bits per heavy atom. The third-order valence-corrected chi connectivity index (χ3v) is 3.63. The highest BCUT2D eigenvalue weighted by Gasteiger charge is 2.31. The van der Waals surface area contributed by atoms with E-state index < -0.39 is 30.4 Å². The van der Waals surface area contributed by atoms with E-state index >= 15 is 0 Å². The molecule has 0 bridgehead atoms. The van der Waals surface area contributed by atoms with Gasteiger partial charge in [0.05, 0.1) is 11.1 Å². The van der Waals surface area contributed by atoms with E-state index in [-0.39, 0.29) is 17.3 Å². The Balaban J connectivity index is 1.74. The van der Waals surface area contributed by atoms with Gasteiger partial charge in [0.15, 0.2) is 0 Å². The summed E-state index contributed by atoms with van der Waals surface area (Å²) in [5.41, 5.74) is -0.791. The van der Waals surface area contributed by atoms with Gasteiger partial charge in [-0.1, -0.05) is 6.07 Å². The normalized spacial score (nSPS) is 12.1. The zero-order valence-electron chi connectivity index (χ0n) is 14.3. The van der Waals surface area contributed by atoms with Crippen LogP contribution in [0.25, 0.3) is 10.9 Å². The molecule has 0 atom stereocenters. The fourth-order valence-corrected chi connectivity index (χ4v) is 2.29. The lowest BCUT2D eigenvalue weighted by atomic mass is 10.2. The molecule has 1 N–H and O–H groups in total. The molecule has 3 rings (SSSR count). The van der Waals surface area contributed by atoms with Crippen molar-refractivity contribution >= 4 is 16.8 Å². The van der Waals surface area contributed by atoms with Crippen LogP contribution in [0.2, 0.25) is 0 Å². The molecule has 0 radical (unpaired) electrons. The van der Waals surface area contributed by atoms with Gasteiger partial charge in [-0.3, -0.25) is 4.79 Å². The second-order valence-electron chi connectivity index (χ2n) is 5.83. The largest absolute Gasteiger partial charge is 0.439 e. The van der Waals surface area contributed by atoms with Crippen molar-refractivity contribution in [2.45, 2.75) is 12.4 Å². The molecule has 3 aromatic rings. The van der Waals surface area contributed by atoms with Crippen LogP contribution in [-0.4, -0.2) is 28.6 Å². The van der Waals surface area contributed by atoms with E-state index in [1.54, 1.807) is 5.32 Å². The van der Waals surface area contributed by atoms with Crippen molar-refractivity contribution in [1.29, 1.82) is 0 Å². The zero-order valence-corrected chi connectivity index (χ0v) is 14.3. The molecule has 152 valence electrons. The predicted molar refractivity (Wildman–Crippen MR) is 89.4 cm³/mol. The highest BCUT2D eigenvalue weighted by atomic mass is 19.4. The first kappa shape index (κ1) is 20.4. The molecule has 11 heteroatoms. The van der Waals surface area contributed by atoms with E-state index in [9.17, 15) is 31.1 Å². The topological polar surface area (TPSA) is 64.1 Å². The number of hydrogen-bond donors (Lipinski definition) is 1. The van der Waals surface area contributed by atoms with Gasteiger partial charge >= 0.3 is 12.4 Å². The molecule has 1 amide bonds. The van der Waals surface area contributed by atoms with Gasteiger partial charge in [0.25, 0.3) is 5.91 Å². The maximum Gasteiger partial charge on any atom is 0.417 e. The van der Waals surface area contributed by atoms with Gasteiger partial charge in [-0.05, 0) is 30.3 Å². The molecule has 0 fully saturated rings. The number of aromatic nitrogens is 2. The van der Waals surface area contributed by atoms with Gasteiger partial charge in [0, 0.05) is 17.6 Å². The number of fused-ring (bicyclic) bond motifs is 1. The molecular weight excluding hydrogens is 404 g/mol. The van der Waals surface area contributed by atoms with Crippen molar-refractivity contribution in [2.24, 2.45) is 0 Å². The number of rotatable bonds is 4. The van der Waals surface area contributed by atoms with E-state index in [2.05, 4.69) is 9.97 Å². The second kappa shape index (κ2) is 7.57. The molecule has 5 nitrogen and oxygen atoms in total. The Morgan fingerprint density at radius 2 is 1.76 bits per heavy atom. The van der Waals surface area contributed by atoms with Crippen LogP contribution >= 0.6 is 0 Å². The van der Waals surface area contributed by atoms with Crippen LogP contribution in [0.15, 0.2) is 48.7 Å². The minimum Gasteiger partial charge on any atom is -0.439 e. The molecule has 0 spiro atoms. The van der Waals surface area contributed by atoms with Gasteiger partial charge in [-0.15, -0.1) is 0 Å². The summed E-state index contributed by atoms with van der Waals surface area (Å²) in [5, 5.41) is 2.22. The Hall–Kier alpha value is -3.37. The summed E-state index contributed by atoms with van der Waals surface area (Å²) >= 11 is 0. The van der Waals surface area contributed by atoms with Crippen LogP contribution < -0.4 is 10.1 Å². The van der Waals surface area contributed by atoms with Crippen molar-refractivity contribution in [1.82, 2.24) is 15.3 Å². The number of hydrogen-bond acceptors (Lipinski definition) is 4. The molecule has 0 aliphatic rings. The lowest BCUT2D eigenvalue weighted by Gasteiger charge is -2.10. The predicted octanol–water partition coefficient (Wildman–Crippen LogP) is 4.73. The maximum absolute atomic E-state index is 12.5. The number of ether oxygens (including phenoxy) is 1. The molecule has 29 heavy (non-hydrogen) atoms. The van der Waals surface area contributed by atoms with Gasteiger partial charge in [0.2, 0.25) is 5.88 Å². The van der Waals surface area contributed by atoms with Crippen LogP contribution in [-0.2, 0) is 6.18 Å². The number of nitrogens with one attached hydrogen (secondary N) is 1. The average molecular weight is 415 g/mol. The number of nitrogens with zero attached hydrogens (tertiary/aromatic N) is 2. The summed E-state index contributed by atoms with van der Waals surface area (Å²) in [6.07, 6.45) is -8.40. The number of carbonyl (C=O) groups is 1. The number of amides is 1. The summed E-state index contributed by atoms with van der Waals surface area (Å²) in [4.78, 5) is 19.3. The summed E-state index contributed by atoms with van der Waals surface area (Å²) in [7, 11) is 0. The average Bonchev–Trinajstić information content (AvgIpc) is 2.65. The van der Waals surface area contributed by atoms with Gasteiger partial charge in [-0.25, -0.2) is 9.97 Å². The number of carbonyl (C=O) groups excluding carboxylic acids is 1. The second-order valence-corrected chi connectivity index (χ2v) is 5.83. The summed E-state index contributed by atoms with van der Waals surface area (Å²) in [6.45, 7) is -1.47. The standard InChI is InChI=1S/C18H11F6N3O2/c19-17(20,21)9-26-16(28)14-4-1-10-7-12(3-5-13(10)27-14)29-15-6-2-11(8-25-15)18(22,23)24/h1-8H,9H2,(H,26,28). The minimum atomic E-state index is -4.54. The molecule has 0 aliphatic heterocycles. The molecule has 1 aromatic carbocycles. The SMILES string of the molecule is O=C(NCC(F)(F)F)c1ccc2cc(Oc3ccc(C(F)(F)F)cn3)ccc2n1. The summed E-state index contributed by atoms with van der Waals surface area (Å²) in [6, 6.07) is 8.99. The van der Waals surface area contributed by atoms with Crippen molar-refractivity contribution in [3.63, 3.8) is 0 Å². The molecule has 0 unspecified atom stereocenters. The molecule has 0 saturated carbocycles. The van der Waals surface area contributed by atoms with E-state index in [1.807, 2.05) is 0 Å². The van der Waals surface area contributed by atoms with Crippen molar-refractivity contribution in [3.05, 3.63) is 59.9 Å². The van der Waals surface area contributed by atoms with E-state index in [0.29, 0.717) is 17.1 Å². The number of alkyl halides is 6. The van der Waals surface area contributed by atoms with Crippen LogP contribution in [0, 0.1) is 0 Å². The molecule has 0 saturated heterocycles. The Labute approximate surface area is 159 Å². The zero-order chi connectivity index (χ0) is 21.2. The Kier molecular flexibility index (Phi) is 5.31. The van der Waals surface area contributed by atoms with Crippen molar-refractivity contribution in [3.8, 4) is 11.6 Å². The maximum atomic E-state index is 12.5.